The highest BCUT2D eigenvalue weighted by Crippen LogP contribution is 2.22. The Bertz CT molecular complexity index is 722. The number of aromatic nitrogens is 2. The molecule has 0 spiro atoms. The van der Waals surface area contributed by atoms with Gasteiger partial charge in [-0.3, -0.25) is 14.4 Å². The highest BCUT2D eigenvalue weighted by molar-refractivity contribution is 6.31. The van der Waals surface area contributed by atoms with E-state index in [1.807, 2.05) is 31.2 Å². The monoisotopic (exact) mass is 346 g/mol. The quantitative estimate of drug-likeness (QED) is 0.875. The second-order valence-corrected chi connectivity index (χ2v) is 6.81. The molecule has 1 aliphatic rings. The van der Waals surface area contributed by atoms with Crippen molar-refractivity contribution in [2.24, 2.45) is 0 Å². The molecule has 0 bridgehead atoms. The van der Waals surface area contributed by atoms with Crippen molar-refractivity contribution in [3.8, 4) is 0 Å². The van der Waals surface area contributed by atoms with Crippen molar-refractivity contribution in [3.63, 3.8) is 0 Å². The summed E-state index contributed by atoms with van der Waals surface area (Å²) in [5.41, 5.74) is 3.21. The van der Waals surface area contributed by atoms with Crippen LogP contribution in [-0.2, 0) is 11.3 Å². The van der Waals surface area contributed by atoms with Gasteiger partial charge >= 0.3 is 0 Å². The van der Waals surface area contributed by atoms with Crippen LogP contribution in [0.3, 0.4) is 0 Å². The van der Waals surface area contributed by atoms with Gasteiger partial charge in [0.05, 0.1) is 11.7 Å². The van der Waals surface area contributed by atoms with Crippen LogP contribution in [0.4, 0.5) is 0 Å². The number of halogens is 1. The molecule has 1 fully saturated rings. The van der Waals surface area contributed by atoms with Gasteiger partial charge in [-0.25, -0.2) is 0 Å². The van der Waals surface area contributed by atoms with Gasteiger partial charge in [-0.1, -0.05) is 29.8 Å². The molecule has 5 nitrogen and oxygen atoms in total. The maximum absolute atomic E-state index is 12.0. The summed E-state index contributed by atoms with van der Waals surface area (Å²) in [5.74, 6) is 0.0597. The summed E-state index contributed by atoms with van der Waals surface area (Å²) >= 11 is 6.09. The Kier molecular flexibility index (Phi) is 5.21. The van der Waals surface area contributed by atoms with Crippen LogP contribution in [0, 0.1) is 13.8 Å². The molecule has 0 radical (unpaired) electrons. The van der Waals surface area contributed by atoms with Gasteiger partial charge in [-0.05, 0) is 31.5 Å². The fourth-order valence-electron chi connectivity index (χ4n) is 3.08. The second-order valence-electron chi connectivity index (χ2n) is 6.40. The Hall–Kier alpha value is -1.85. The van der Waals surface area contributed by atoms with Gasteiger partial charge in [-0.15, -0.1) is 0 Å². The molecule has 0 unspecified atom stereocenters. The molecule has 0 saturated carbocycles. The lowest BCUT2D eigenvalue weighted by molar-refractivity contribution is -0.121. The predicted molar refractivity (Wildman–Crippen MR) is 95.1 cm³/mol. The van der Waals surface area contributed by atoms with Crippen molar-refractivity contribution in [2.75, 3.05) is 19.6 Å². The minimum absolute atomic E-state index is 0.0597. The molecule has 1 aromatic heterocycles. The molecule has 2 aromatic rings. The second kappa shape index (κ2) is 7.36. The lowest BCUT2D eigenvalue weighted by Crippen LogP contribution is -2.49. The zero-order chi connectivity index (χ0) is 17.1. The summed E-state index contributed by atoms with van der Waals surface area (Å²) in [6.45, 7) is 7.28. The first-order valence-corrected chi connectivity index (χ1v) is 8.66. The number of likely N-dealkylation sites (tertiary alicyclic amines) is 1. The zero-order valence-corrected chi connectivity index (χ0v) is 14.9. The van der Waals surface area contributed by atoms with E-state index in [1.165, 1.54) is 5.69 Å². The van der Waals surface area contributed by atoms with Crippen LogP contribution in [-0.4, -0.2) is 40.2 Å². The van der Waals surface area contributed by atoms with E-state index < -0.39 is 0 Å². The molecule has 1 aliphatic heterocycles. The minimum Gasteiger partial charge on any atom is -0.352 e. The topological polar surface area (TPSA) is 50.2 Å². The number of nitrogens with zero attached hydrogens (tertiary/aromatic N) is 3. The average Bonchev–Trinajstić information content (AvgIpc) is 2.83. The maximum atomic E-state index is 12.0. The van der Waals surface area contributed by atoms with Gasteiger partial charge in [0, 0.05) is 43.3 Å². The van der Waals surface area contributed by atoms with E-state index in [0.29, 0.717) is 24.0 Å². The Morgan fingerprint density at radius 2 is 2.08 bits per heavy atom. The number of hydrogen-bond donors (Lipinski definition) is 1. The van der Waals surface area contributed by atoms with Gasteiger partial charge in [0.15, 0.2) is 0 Å². The molecule has 1 amide bonds. The fraction of sp³-hybridized carbons (Fsp3) is 0.444. The molecule has 0 aliphatic carbocycles. The number of rotatable bonds is 6. The first-order chi connectivity index (χ1) is 11.5. The van der Waals surface area contributed by atoms with Crippen molar-refractivity contribution in [1.29, 1.82) is 0 Å². The summed E-state index contributed by atoms with van der Waals surface area (Å²) in [7, 11) is 0. The van der Waals surface area contributed by atoms with E-state index in [1.54, 1.807) is 0 Å². The first-order valence-electron chi connectivity index (χ1n) is 8.28. The highest BCUT2D eigenvalue weighted by Gasteiger charge is 2.29. The number of carbonyl (C=O) groups excluding carboxylic acids is 1. The van der Waals surface area contributed by atoms with Gasteiger partial charge in [-0.2, -0.15) is 5.10 Å². The summed E-state index contributed by atoms with van der Waals surface area (Å²) in [6.07, 6.45) is 0.508. The number of hydrogen-bond acceptors (Lipinski definition) is 3. The number of amides is 1. The number of carbonyl (C=O) groups is 1. The number of benzene rings is 1. The Labute approximate surface area is 147 Å². The molecule has 3 rings (SSSR count). The molecule has 128 valence electrons. The largest absolute Gasteiger partial charge is 0.352 e. The van der Waals surface area contributed by atoms with Crippen LogP contribution in [0.25, 0.3) is 0 Å². The average molecular weight is 347 g/mol. The summed E-state index contributed by atoms with van der Waals surface area (Å²) < 4.78 is 2.10. The van der Waals surface area contributed by atoms with Gasteiger partial charge in [0.25, 0.3) is 0 Å². The van der Waals surface area contributed by atoms with Gasteiger partial charge < -0.3 is 5.32 Å². The maximum Gasteiger partial charge on any atom is 0.221 e. The molecule has 24 heavy (non-hydrogen) atoms. The third-order valence-corrected chi connectivity index (χ3v) is 4.79. The van der Waals surface area contributed by atoms with E-state index in [4.69, 9.17) is 11.6 Å². The SMILES string of the molecule is Cc1cc(C)n(C2CN(CCC(=O)NCc3ccccc3Cl)C2)n1. The molecule has 6 heteroatoms. The standard InChI is InChI=1S/C18H23ClN4O/c1-13-9-14(2)23(21-13)16-11-22(12-16)8-7-18(24)20-10-15-5-3-4-6-17(15)19/h3-6,9,16H,7-8,10-12H2,1-2H3,(H,20,24). The zero-order valence-electron chi connectivity index (χ0n) is 14.1. The van der Waals surface area contributed by atoms with Gasteiger partial charge in [0.1, 0.15) is 0 Å². The smallest absolute Gasteiger partial charge is 0.221 e. The summed E-state index contributed by atoms with van der Waals surface area (Å²) in [4.78, 5) is 14.3. The lowest BCUT2D eigenvalue weighted by atomic mass is 10.1. The van der Waals surface area contributed by atoms with Crippen LogP contribution in [0.15, 0.2) is 30.3 Å². The van der Waals surface area contributed by atoms with E-state index >= 15 is 0 Å². The third-order valence-electron chi connectivity index (χ3n) is 4.42. The highest BCUT2D eigenvalue weighted by atomic mass is 35.5. The van der Waals surface area contributed by atoms with Crippen molar-refractivity contribution in [3.05, 3.63) is 52.3 Å². The predicted octanol–water partition coefficient (Wildman–Crippen LogP) is 2.72. The van der Waals surface area contributed by atoms with E-state index in [9.17, 15) is 4.79 Å². The molecule has 0 atom stereocenters. The van der Waals surface area contributed by atoms with Crippen LogP contribution >= 0.6 is 11.6 Å². The molecule has 1 N–H and O–H groups in total. The molecule has 1 aromatic carbocycles. The summed E-state index contributed by atoms with van der Waals surface area (Å²) in [5, 5.41) is 8.15. The van der Waals surface area contributed by atoms with Crippen molar-refractivity contribution >= 4 is 17.5 Å². The molecule has 1 saturated heterocycles. The molecule has 2 heterocycles. The van der Waals surface area contributed by atoms with Crippen LogP contribution in [0.1, 0.15) is 29.4 Å². The van der Waals surface area contributed by atoms with Crippen LogP contribution in [0.5, 0.6) is 0 Å². The van der Waals surface area contributed by atoms with Crippen molar-refractivity contribution < 1.29 is 4.79 Å². The van der Waals surface area contributed by atoms with Crippen molar-refractivity contribution in [2.45, 2.75) is 32.9 Å². The Balaban J connectivity index is 1.37. The minimum atomic E-state index is 0.0597. The summed E-state index contributed by atoms with van der Waals surface area (Å²) in [6, 6.07) is 10.1. The van der Waals surface area contributed by atoms with Crippen molar-refractivity contribution in [1.82, 2.24) is 20.0 Å². The number of aryl methyl sites for hydroxylation is 2. The molecular weight excluding hydrogens is 324 g/mol. The van der Waals surface area contributed by atoms with E-state index in [0.717, 1.165) is 30.9 Å². The van der Waals surface area contributed by atoms with E-state index in [2.05, 4.69) is 33.0 Å². The first kappa shape index (κ1) is 17.0. The van der Waals surface area contributed by atoms with Gasteiger partial charge in [0.2, 0.25) is 5.91 Å². The normalized spacial score (nSPS) is 15.3. The lowest BCUT2D eigenvalue weighted by Gasteiger charge is -2.39. The van der Waals surface area contributed by atoms with Crippen LogP contribution in [0.2, 0.25) is 5.02 Å². The fourth-order valence-corrected chi connectivity index (χ4v) is 3.28. The Morgan fingerprint density at radius 3 is 2.75 bits per heavy atom. The number of nitrogens with one attached hydrogen (secondary N) is 1. The van der Waals surface area contributed by atoms with Crippen LogP contribution < -0.4 is 5.32 Å². The molecular formula is C18H23ClN4O. The van der Waals surface area contributed by atoms with E-state index in [-0.39, 0.29) is 5.91 Å². The Morgan fingerprint density at radius 1 is 1.33 bits per heavy atom. The third kappa shape index (κ3) is 3.97.